The number of hydrogen-bond acceptors (Lipinski definition) is 4. The molecule has 0 aliphatic rings. The van der Waals surface area contributed by atoms with Crippen molar-refractivity contribution in [3.05, 3.63) is 95.1 Å². The Hall–Kier alpha value is -2.82. The Kier molecular flexibility index (Phi) is 5.89. The Morgan fingerprint density at radius 2 is 1.04 bits per heavy atom. The van der Waals surface area contributed by atoms with Crippen LogP contribution >= 0.6 is 0 Å². The Labute approximate surface area is 153 Å². The van der Waals surface area contributed by atoms with Crippen molar-refractivity contribution in [3.8, 4) is 11.5 Å². The van der Waals surface area contributed by atoms with Crippen molar-refractivity contribution in [2.75, 3.05) is 6.79 Å². The number of hydrogen-bond donors (Lipinski definition) is 1. The Balaban J connectivity index is 1.60. The Morgan fingerprint density at radius 1 is 0.654 bits per heavy atom. The molecule has 0 saturated heterocycles. The Bertz CT molecular complexity index is 808. The van der Waals surface area contributed by atoms with Crippen LogP contribution in [0.15, 0.2) is 72.8 Å². The minimum absolute atomic E-state index is 0.125. The molecule has 0 amide bonds. The average molecular weight is 350 g/mol. The molecule has 1 unspecified atom stereocenters. The van der Waals surface area contributed by atoms with Crippen LogP contribution < -0.4 is 9.47 Å². The van der Waals surface area contributed by atoms with Gasteiger partial charge in [0.15, 0.2) is 0 Å². The normalized spacial score (nSPS) is 11.8. The van der Waals surface area contributed by atoms with Gasteiger partial charge in [-0.1, -0.05) is 59.7 Å². The molecule has 3 aromatic carbocycles. The van der Waals surface area contributed by atoms with E-state index in [-0.39, 0.29) is 6.79 Å². The van der Waals surface area contributed by atoms with Gasteiger partial charge in [0.25, 0.3) is 0 Å². The first-order chi connectivity index (χ1) is 12.7. The SMILES string of the molecule is Cc1ccc(OCOc2ccc(C(OO)c3ccc(C)cc3)cc2)cc1. The highest BCUT2D eigenvalue weighted by Crippen LogP contribution is 2.27. The molecule has 0 aromatic heterocycles. The van der Waals surface area contributed by atoms with Crippen LogP contribution in [0.5, 0.6) is 11.5 Å². The maximum absolute atomic E-state index is 9.31. The van der Waals surface area contributed by atoms with Crippen molar-refractivity contribution < 1.29 is 19.6 Å². The van der Waals surface area contributed by atoms with E-state index in [9.17, 15) is 5.26 Å². The van der Waals surface area contributed by atoms with E-state index in [0.29, 0.717) is 5.75 Å². The molecule has 0 aliphatic carbocycles. The summed E-state index contributed by atoms with van der Waals surface area (Å²) < 4.78 is 11.2. The quantitative estimate of drug-likeness (QED) is 0.357. The highest BCUT2D eigenvalue weighted by Gasteiger charge is 2.14. The van der Waals surface area contributed by atoms with Crippen LogP contribution in [-0.4, -0.2) is 12.1 Å². The van der Waals surface area contributed by atoms with E-state index < -0.39 is 6.10 Å². The highest BCUT2D eigenvalue weighted by atomic mass is 17.1. The monoisotopic (exact) mass is 350 g/mol. The lowest BCUT2D eigenvalue weighted by atomic mass is 10.0. The molecule has 0 spiro atoms. The van der Waals surface area contributed by atoms with Crippen molar-refractivity contribution >= 4 is 0 Å². The van der Waals surface area contributed by atoms with Gasteiger partial charge in [0.1, 0.15) is 17.6 Å². The second-order valence-corrected chi connectivity index (χ2v) is 6.18. The number of aryl methyl sites for hydroxylation is 2. The van der Waals surface area contributed by atoms with E-state index in [0.717, 1.165) is 22.4 Å². The van der Waals surface area contributed by atoms with Gasteiger partial charge in [-0.15, -0.1) is 0 Å². The van der Waals surface area contributed by atoms with Crippen molar-refractivity contribution in [1.82, 2.24) is 0 Å². The fraction of sp³-hybridized carbons (Fsp3) is 0.182. The van der Waals surface area contributed by atoms with Crippen LogP contribution in [0.2, 0.25) is 0 Å². The molecule has 134 valence electrons. The third-order valence-corrected chi connectivity index (χ3v) is 4.14. The summed E-state index contributed by atoms with van der Waals surface area (Å²) in [7, 11) is 0. The van der Waals surface area contributed by atoms with Gasteiger partial charge < -0.3 is 9.47 Å². The van der Waals surface area contributed by atoms with Crippen molar-refractivity contribution in [1.29, 1.82) is 0 Å². The molecule has 1 N–H and O–H groups in total. The van der Waals surface area contributed by atoms with Crippen LogP contribution in [0.1, 0.15) is 28.4 Å². The van der Waals surface area contributed by atoms with Crippen LogP contribution in [0, 0.1) is 13.8 Å². The second-order valence-electron chi connectivity index (χ2n) is 6.18. The van der Waals surface area contributed by atoms with Gasteiger partial charge in [-0.05, 0) is 49.2 Å². The van der Waals surface area contributed by atoms with Gasteiger partial charge in [-0.3, -0.25) is 5.26 Å². The molecule has 0 heterocycles. The molecule has 0 bridgehead atoms. The topological polar surface area (TPSA) is 47.9 Å². The zero-order valence-electron chi connectivity index (χ0n) is 14.9. The van der Waals surface area contributed by atoms with E-state index in [4.69, 9.17) is 9.47 Å². The molecule has 3 aromatic rings. The molecular formula is C22H22O4. The minimum Gasteiger partial charge on any atom is -0.458 e. The summed E-state index contributed by atoms with van der Waals surface area (Å²) in [5.74, 6) is 1.45. The summed E-state index contributed by atoms with van der Waals surface area (Å²) in [5, 5.41) is 9.31. The van der Waals surface area contributed by atoms with Crippen LogP contribution in [0.4, 0.5) is 0 Å². The number of ether oxygens (including phenoxy) is 2. The van der Waals surface area contributed by atoms with Crippen LogP contribution in [0.25, 0.3) is 0 Å². The lowest BCUT2D eigenvalue weighted by molar-refractivity contribution is -0.270. The zero-order valence-corrected chi connectivity index (χ0v) is 14.9. The standard InChI is InChI=1S/C22H22O4/c1-16-3-7-18(8-4-16)22(26-23)19-9-13-21(14-10-19)25-15-24-20-11-5-17(2)6-12-20/h3-14,22-23H,15H2,1-2H3. The van der Waals surface area contributed by atoms with Gasteiger partial charge in [-0.25, -0.2) is 4.89 Å². The first-order valence-corrected chi connectivity index (χ1v) is 8.45. The van der Waals surface area contributed by atoms with Crippen LogP contribution in [0.3, 0.4) is 0 Å². The minimum atomic E-state index is -0.534. The summed E-state index contributed by atoms with van der Waals surface area (Å²) in [4.78, 5) is 4.69. The molecule has 4 nitrogen and oxygen atoms in total. The fourth-order valence-corrected chi connectivity index (χ4v) is 2.59. The summed E-state index contributed by atoms with van der Waals surface area (Å²) in [6.07, 6.45) is -0.534. The van der Waals surface area contributed by atoms with Gasteiger partial charge in [0, 0.05) is 0 Å². The molecule has 3 rings (SSSR count). The van der Waals surface area contributed by atoms with E-state index in [2.05, 4.69) is 4.89 Å². The maximum atomic E-state index is 9.31. The third kappa shape index (κ3) is 4.63. The van der Waals surface area contributed by atoms with Gasteiger partial charge in [0.2, 0.25) is 6.79 Å². The highest BCUT2D eigenvalue weighted by molar-refractivity contribution is 5.35. The van der Waals surface area contributed by atoms with Gasteiger partial charge >= 0.3 is 0 Å². The molecule has 0 radical (unpaired) electrons. The zero-order chi connectivity index (χ0) is 18.4. The molecule has 0 fully saturated rings. The summed E-state index contributed by atoms with van der Waals surface area (Å²) in [6.45, 7) is 4.17. The molecule has 26 heavy (non-hydrogen) atoms. The lowest BCUT2D eigenvalue weighted by Gasteiger charge is -2.15. The molecule has 1 atom stereocenters. The van der Waals surface area contributed by atoms with E-state index in [1.807, 2.05) is 86.6 Å². The number of benzene rings is 3. The summed E-state index contributed by atoms with van der Waals surface area (Å²) >= 11 is 0. The van der Waals surface area contributed by atoms with Crippen molar-refractivity contribution in [3.63, 3.8) is 0 Å². The third-order valence-electron chi connectivity index (χ3n) is 4.14. The predicted octanol–water partition coefficient (Wildman–Crippen LogP) is 5.30. The largest absolute Gasteiger partial charge is 0.458 e. The summed E-state index contributed by atoms with van der Waals surface area (Å²) in [6, 6.07) is 23.0. The first kappa shape index (κ1) is 18.0. The lowest BCUT2D eigenvalue weighted by Crippen LogP contribution is -2.06. The van der Waals surface area contributed by atoms with Gasteiger partial charge in [0.05, 0.1) is 0 Å². The molecular weight excluding hydrogens is 328 g/mol. The Morgan fingerprint density at radius 3 is 1.50 bits per heavy atom. The van der Waals surface area contributed by atoms with E-state index in [1.165, 1.54) is 5.56 Å². The average Bonchev–Trinajstić information content (AvgIpc) is 2.67. The second kappa shape index (κ2) is 8.52. The number of rotatable bonds is 7. The van der Waals surface area contributed by atoms with Crippen molar-refractivity contribution in [2.45, 2.75) is 20.0 Å². The molecule has 0 aliphatic heterocycles. The fourth-order valence-electron chi connectivity index (χ4n) is 2.59. The molecule has 4 heteroatoms. The molecule has 0 saturated carbocycles. The first-order valence-electron chi connectivity index (χ1n) is 8.45. The van der Waals surface area contributed by atoms with E-state index >= 15 is 0 Å². The smallest absolute Gasteiger partial charge is 0.230 e. The van der Waals surface area contributed by atoms with Crippen molar-refractivity contribution in [2.24, 2.45) is 0 Å². The predicted molar refractivity (Wildman–Crippen MR) is 100 cm³/mol. The maximum Gasteiger partial charge on any atom is 0.230 e. The summed E-state index contributed by atoms with van der Waals surface area (Å²) in [5.41, 5.74) is 4.06. The van der Waals surface area contributed by atoms with E-state index in [1.54, 1.807) is 0 Å². The van der Waals surface area contributed by atoms with Crippen LogP contribution in [-0.2, 0) is 4.89 Å². The van der Waals surface area contributed by atoms with Gasteiger partial charge in [-0.2, -0.15) is 0 Å².